The number of phenols is 1. The van der Waals surface area contributed by atoms with Gasteiger partial charge >= 0.3 is 0 Å². The van der Waals surface area contributed by atoms with Gasteiger partial charge in [0.25, 0.3) is 0 Å². The van der Waals surface area contributed by atoms with Crippen LogP contribution in [0.25, 0.3) is 11.4 Å². The second-order valence-corrected chi connectivity index (χ2v) is 5.34. The molecule has 5 nitrogen and oxygen atoms in total. The van der Waals surface area contributed by atoms with Gasteiger partial charge in [0.2, 0.25) is 4.77 Å². The summed E-state index contributed by atoms with van der Waals surface area (Å²) in [6.07, 6.45) is 1.60. The van der Waals surface area contributed by atoms with E-state index in [-0.39, 0.29) is 5.75 Å². The van der Waals surface area contributed by atoms with Crippen LogP contribution >= 0.6 is 23.8 Å². The molecule has 0 aliphatic rings. The second kappa shape index (κ2) is 6.13. The zero-order valence-corrected chi connectivity index (χ0v) is 12.8. The molecule has 0 unspecified atom stereocenters. The highest BCUT2D eigenvalue weighted by atomic mass is 35.5. The van der Waals surface area contributed by atoms with Crippen molar-refractivity contribution in [3.8, 4) is 17.1 Å². The summed E-state index contributed by atoms with van der Waals surface area (Å²) in [6, 6.07) is 14.0. The number of hydrogen-bond donors (Lipinski definition) is 2. The minimum Gasteiger partial charge on any atom is -0.508 e. The highest BCUT2D eigenvalue weighted by Crippen LogP contribution is 2.21. The normalized spacial score (nSPS) is 11.1. The van der Waals surface area contributed by atoms with Gasteiger partial charge in [-0.2, -0.15) is 14.9 Å². The molecule has 0 saturated heterocycles. The molecule has 0 spiro atoms. The minimum absolute atomic E-state index is 0.176. The fourth-order valence-corrected chi connectivity index (χ4v) is 2.31. The molecule has 0 amide bonds. The molecule has 0 aliphatic carbocycles. The maximum absolute atomic E-state index is 9.47. The molecular weight excluding hydrogens is 320 g/mol. The van der Waals surface area contributed by atoms with E-state index < -0.39 is 0 Å². The summed E-state index contributed by atoms with van der Waals surface area (Å²) in [6.45, 7) is 0. The van der Waals surface area contributed by atoms with E-state index in [1.54, 1.807) is 36.5 Å². The Labute approximate surface area is 136 Å². The van der Waals surface area contributed by atoms with Crippen molar-refractivity contribution in [2.75, 3.05) is 0 Å². The van der Waals surface area contributed by atoms with Gasteiger partial charge in [0.1, 0.15) is 5.75 Å². The van der Waals surface area contributed by atoms with E-state index in [1.807, 2.05) is 18.2 Å². The third-order valence-electron chi connectivity index (χ3n) is 2.93. The van der Waals surface area contributed by atoms with Crippen molar-refractivity contribution in [3.05, 3.63) is 63.9 Å². The Kier molecular flexibility index (Phi) is 4.04. The van der Waals surface area contributed by atoms with E-state index in [0.717, 1.165) is 11.1 Å². The van der Waals surface area contributed by atoms with Crippen molar-refractivity contribution in [2.24, 2.45) is 5.10 Å². The number of phenolic OH excluding ortho intramolecular Hbond substituents is 1. The van der Waals surface area contributed by atoms with Crippen LogP contribution in [-0.2, 0) is 0 Å². The summed E-state index contributed by atoms with van der Waals surface area (Å²) in [4.78, 5) is 0. The van der Waals surface area contributed by atoms with Crippen molar-refractivity contribution in [1.82, 2.24) is 14.9 Å². The first-order valence-corrected chi connectivity index (χ1v) is 7.19. The lowest BCUT2D eigenvalue weighted by Crippen LogP contribution is -1.95. The summed E-state index contributed by atoms with van der Waals surface area (Å²) in [5.74, 6) is 0.735. The van der Waals surface area contributed by atoms with Crippen LogP contribution in [0.4, 0.5) is 0 Å². The topological polar surface area (TPSA) is 66.2 Å². The number of aromatic hydroxyl groups is 1. The Hall–Kier alpha value is -2.44. The monoisotopic (exact) mass is 330 g/mol. The number of H-pyrrole nitrogens is 1. The molecule has 0 atom stereocenters. The van der Waals surface area contributed by atoms with Gasteiger partial charge in [-0.05, 0) is 42.0 Å². The van der Waals surface area contributed by atoms with Crippen molar-refractivity contribution < 1.29 is 5.11 Å². The zero-order valence-electron chi connectivity index (χ0n) is 11.3. The Morgan fingerprint density at radius 1 is 1.23 bits per heavy atom. The van der Waals surface area contributed by atoms with Gasteiger partial charge in [-0.15, -0.1) is 0 Å². The van der Waals surface area contributed by atoms with E-state index >= 15 is 0 Å². The number of nitrogens with one attached hydrogen (secondary N) is 1. The number of aromatic amines is 1. The third-order valence-corrected chi connectivity index (χ3v) is 3.43. The highest BCUT2D eigenvalue weighted by molar-refractivity contribution is 7.71. The molecule has 7 heteroatoms. The molecule has 0 bridgehead atoms. The Morgan fingerprint density at radius 2 is 2.05 bits per heavy atom. The van der Waals surface area contributed by atoms with E-state index in [4.69, 9.17) is 23.8 Å². The number of halogens is 1. The van der Waals surface area contributed by atoms with Gasteiger partial charge in [0.05, 0.1) is 6.21 Å². The number of aromatic nitrogens is 3. The van der Waals surface area contributed by atoms with E-state index in [0.29, 0.717) is 15.6 Å². The summed E-state index contributed by atoms with van der Waals surface area (Å²) >= 11 is 11.2. The number of nitrogens with zero attached hydrogens (tertiary/aromatic N) is 3. The van der Waals surface area contributed by atoms with Crippen molar-refractivity contribution in [3.63, 3.8) is 0 Å². The first-order chi connectivity index (χ1) is 10.6. The first-order valence-electron chi connectivity index (χ1n) is 6.40. The molecule has 0 radical (unpaired) electrons. The molecule has 2 aromatic carbocycles. The molecular formula is C15H11ClN4OS. The number of rotatable bonds is 3. The zero-order chi connectivity index (χ0) is 15.5. The minimum atomic E-state index is 0.176. The molecule has 0 aliphatic heterocycles. The van der Waals surface area contributed by atoms with Gasteiger partial charge in [0, 0.05) is 10.6 Å². The predicted octanol–water partition coefficient (Wildman–Crippen LogP) is 3.85. The SMILES string of the molecule is Oc1cccc(/C=N/n2c(-c3cccc(Cl)c3)n[nH]c2=S)c1. The molecule has 110 valence electrons. The molecule has 1 aromatic heterocycles. The average Bonchev–Trinajstić information content (AvgIpc) is 2.86. The van der Waals surface area contributed by atoms with Gasteiger partial charge < -0.3 is 5.11 Å². The summed E-state index contributed by atoms with van der Waals surface area (Å²) in [7, 11) is 0. The lowest BCUT2D eigenvalue weighted by atomic mass is 10.2. The summed E-state index contributed by atoms with van der Waals surface area (Å²) in [5, 5.41) is 21.3. The smallest absolute Gasteiger partial charge is 0.216 e. The van der Waals surface area contributed by atoms with Gasteiger partial charge in [-0.25, -0.2) is 5.10 Å². The predicted molar refractivity (Wildman–Crippen MR) is 89.0 cm³/mol. The largest absolute Gasteiger partial charge is 0.508 e. The number of benzene rings is 2. The molecule has 0 fully saturated rings. The third kappa shape index (κ3) is 3.08. The summed E-state index contributed by atoms with van der Waals surface area (Å²) in [5.41, 5.74) is 1.55. The summed E-state index contributed by atoms with van der Waals surface area (Å²) < 4.78 is 1.87. The lowest BCUT2D eigenvalue weighted by Gasteiger charge is -2.01. The molecule has 3 aromatic rings. The van der Waals surface area contributed by atoms with Crippen molar-refractivity contribution >= 4 is 30.0 Å². The van der Waals surface area contributed by atoms with E-state index in [2.05, 4.69) is 15.3 Å². The van der Waals surface area contributed by atoms with Crippen LogP contribution in [0.2, 0.25) is 5.02 Å². The Balaban J connectivity index is 2.01. The molecule has 22 heavy (non-hydrogen) atoms. The lowest BCUT2D eigenvalue weighted by molar-refractivity contribution is 0.475. The van der Waals surface area contributed by atoms with Crippen molar-refractivity contribution in [1.29, 1.82) is 0 Å². The van der Waals surface area contributed by atoms with E-state index in [1.165, 1.54) is 4.68 Å². The Morgan fingerprint density at radius 3 is 2.82 bits per heavy atom. The second-order valence-electron chi connectivity index (χ2n) is 4.51. The molecule has 2 N–H and O–H groups in total. The standard InChI is InChI=1S/C15H11ClN4OS/c16-12-5-2-4-11(8-12)14-18-19-15(22)20(14)17-9-10-3-1-6-13(21)7-10/h1-9,21H,(H,19,22)/b17-9+. The first kappa shape index (κ1) is 14.5. The fourth-order valence-electron chi connectivity index (χ4n) is 1.94. The van der Waals surface area contributed by atoms with Crippen LogP contribution in [0, 0.1) is 4.77 Å². The van der Waals surface area contributed by atoms with Gasteiger partial charge in [-0.3, -0.25) is 0 Å². The Bertz CT molecular complexity index is 900. The van der Waals surface area contributed by atoms with Gasteiger partial charge in [0.15, 0.2) is 5.82 Å². The average molecular weight is 331 g/mol. The highest BCUT2D eigenvalue weighted by Gasteiger charge is 2.08. The van der Waals surface area contributed by atoms with Gasteiger partial charge in [-0.1, -0.05) is 35.9 Å². The van der Waals surface area contributed by atoms with Crippen LogP contribution < -0.4 is 0 Å². The van der Waals surface area contributed by atoms with Crippen LogP contribution in [0.3, 0.4) is 0 Å². The maximum atomic E-state index is 9.47. The van der Waals surface area contributed by atoms with Crippen LogP contribution in [0.5, 0.6) is 5.75 Å². The number of hydrogen-bond acceptors (Lipinski definition) is 4. The molecule has 0 saturated carbocycles. The quantitative estimate of drug-likeness (QED) is 0.566. The van der Waals surface area contributed by atoms with Crippen molar-refractivity contribution in [2.45, 2.75) is 0 Å². The molecule has 3 rings (SSSR count). The maximum Gasteiger partial charge on any atom is 0.216 e. The van der Waals surface area contributed by atoms with E-state index in [9.17, 15) is 5.11 Å². The van der Waals surface area contributed by atoms with Crippen LogP contribution in [-0.4, -0.2) is 26.2 Å². The fraction of sp³-hybridized carbons (Fsp3) is 0. The van der Waals surface area contributed by atoms with Crippen LogP contribution in [0.1, 0.15) is 5.56 Å². The van der Waals surface area contributed by atoms with Crippen LogP contribution in [0.15, 0.2) is 53.6 Å². The molecule has 1 heterocycles.